The maximum Gasteiger partial charge on any atom is 0.459 e. The normalized spacial score (nSPS) is 19.2. The molecule has 15 heteroatoms. The summed E-state index contributed by atoms with van der Waals surface area (Å²) in [6.07, 6.45) is 6.06. The highest BCUT2D eigenvalue weighted by Crippen LogP contribution is 2.47. The molecule has 1 aromatic carbocycles. The molecule has 2 heterocycles. The monoisotopic (exact) mass is 548 g/mol. The largest absolute Gasteiger partial charge is 0.496 e. The first kappa shape index (κ1) is 27.2. The van der Waals surface area contributed by atoms with Gasteiger partial charge in [-0.25, -0.2) is 9.55 Å². The fourth-order valence-electron chi connectivity index (χ4n) is 3.92. The lowest BCUT2D eigenvalue weighted by molar-refractivity contribution is -0.138. The SMILES string of the molecule is COc1cc(OC)cc(OP(=O)(N[C@@H](C)C(=O)O)OC[C@@H]2C=C[C@H](n3cnc4c(OC)nc(N)nc43)C2)c1. The molecule has 1 unspecified atom stereocenters. The molecule has 0 saturated heterocycles. The van der Waals surface area contributed by atoms with Crippen LogP contribution in [0.15, 0.2) is 36.7 Å². The molecule has 0 amide bonds. The molecule has 0 spiro atoms. The van der Waals surface area contributed by atoms with Gasteiger partial charge >= 0.3 is 13.7 Å². The molecule has 1 aliphatic rings. The molecule has 4 atom stereocenters. The van der Waals surface area contributed by atoms with Crippen molar-refractivity contribution in [1.29, 1.82) is 0 Å². The number of carbonyl (C=O) groups is 1. The minimum Gasteiger partial charge on any atom is -0.496 e. The van der Waals surface area contributed by atoms with Crippen LogP contribution in [-0.4, -0.2) is 64.6 Å². The van der Waals surface area contributed by atoms with Crippen molar-refractivity contribution in [3.63, 3.8) is 0 Å². The zero-order valence-corrected chi connectivity index (χ0v) is 22.1. The average Bonchev–Trinajstić information content (AvgIpc) is 3.53. The number of rotatable bonds is 12. The van der Waals surface area contributed by atoms with Crippen molar-refractivity contribution in [3.05, 3.63) is 36.7 Å². The van der Waals surface area contributed by atoms with Crippen LogP contribution in [0.3, 0.4) is 0 Å². The Hall–Kier alpha value is -3.87. The fourth-order valence-corrected chi connectivity index (χ4v) is 5.46. The van der Waals surface area contributed by atoms with Crippen molar-refractivity contribution in [2.75, 3.05) is 33.7 Å². The van der Waals surface area contributed by atoms with E-state index < -0.39 is 19.8 Å². The second kappa shape index (κ2) is 11.3. The van der Waals surface area contributed by atoms with E-state index in [-0.39, 0.29) is 36.1 Å². The Bertz CT molecular complexity index is 1370. The Morgan fingerprint density at radius 1 is 1.16 bits per heavy atom. The highest BCUT2D eigenvalue weighted by atomic mass is 31.2. The van der Waals surface area contributed by atoms with Crippen LogP contribution < -0.4 is 29.6 Å². The summed E-state index contributed by atoms with van der Waals surface area (Å²) in [4.78, 5) is 24.1. The van der Waals surface area contributed by atoms with Gasteiger partial charge in [-0.05, 0) is 13.3 Å². The van der Waals surface area contributed by atoms with Crippen LogP contribution in [-0.2, 0) is 13.9 Å². The first-order chi connectivity index (χ1) is 18.1. The predicted octanol–water partition coefficient (Wildman–Crippen LogP) is 2.82. The first-order valence-electron chi connectivity index (χ1n) is 11.5. The van der Waals surface area contributed by atoms with E-state index in [1.165, 1.54) is 40.4 Å². The number of allylic oxidation sites excluding steroid dienone is 1. The molecule has 2 aromatic heterocycles. The zero-order valence-electron chi connectivity index (χ0n) is 21.2. The summed E-state index contributed by atoms with van der Waals surface area (Å²) in [5, 5.41) is 11.8. The number of anilines is 1. The van der Waals surface area contributed by atoms with Crippen LogP contribution in [0.2, 0.25) is 0 Å². The molecule has 0 aliphatic heterocycles. The Morgan fingerprint density at radius 2 is 1.84 bits per heavy atom. The second-order valence-electron chi connectivity index (χ2n) is 8.49. The van der Waals surface area contributed by atoms with Gasteiger partial charge in [-0.2, -0.15) is 15.1 Å². The summed E-state index contributed by atoms with van der Waals surface area (Å²) in [6, 6.07) is 3.24. The van der Waals surface area contributed by atoms with Gasteiger partial charge in [-0.3, -0.25) is 9.32 Å². The topological polar surface area (TPSA) is 182 Å². The van der Waals surface area contributed by atoms with Crippen LogP contribution in [0.1, 0.15) is 19.4 Å². The molecule has 0 bridgehead atoms. The van der Waals surface area contributed by atoms with E-state index in [1.807, 2.05) is 16.7 Å². The molecule has 4 rings (SSSR count). The van der Waals surface area contributed by atoms with Crippen molar-refractivity contribution in [3.8, 4) is 23.1 Å². The third kappa shape index (κ3) is 5.98. The number of methoxy groups -OCH3 is 3. The highest BCUT2D eigenvalue weighted by Gasteiger charge is 2.34. The van der Waals surface area contributed by atoms with E-state index >= 15 is 0 Å². The number of nitrogens with one attached hydrogen (secondary N) is 1. The maximum atomic E-state index is 13.7. The van der Waals surface area contributed by atoms with Gasteiger partial charge in [-0.15, -0.1) is 0 Å². The Morgan fingerprint density at radius 3 is 2.47 bits per heavy atom. The third-order valence-electron chi connectivity index (χ3n) is 5.84. The van der Waals surface area contributed by atoms with Gasteiger partial charge in [0.15, 0.2) is 11.2 Å². The van der Waals surface area contributed by atoms with E-state index in [0.717, 1.165) is 0 Å². The lowest BCUT2D eigenvalue weighted by Crippen LogP contribution is -2.33. The standard InChI is InChI=1S/C23H29N6O8P/c1-13(22(30)31)28-38(32,37-18-9-16(33-2)8-17(10-18)34-3)36-11-14-5-6-15(7-14)29-12-25-19-20(29)26-23(24)27-21(19)35-4/h5-6,8-10,12-15H,7,11H2,1-4H3,(H,28,32)(H,30,31)(H2,24,26,27)/t13-,14+,15-,38?/m0/s1. The number of hydrogen-bond donors (Lipinski definition) is 3. The van der Waals surface area contributed by atoms with Crippen LogP contribution in [0.25, 0.3) is 11.2 Å². The molecule has 204 valence electrons. The lowest BCUT2D eigenvalue weighted by Gasteiger charge is -2.23. The van der Waals surface area contributed by atoms with E-state index in [1.54, 1.807) is 12.4 Å². The Kier molecular flexibility index (Phi) is 8.05. The van der Waals surface area contributed by atoms with Gasteiger partial charge in [0.2, 0.25) is 11.8 Å². The van der Waals surface area contributed by atoms with Crippen molar-refractivity contribution >= 4 is 30.8 Å². The second-order valence-corrected chi connectivity index (χ2v) is 10.2. The number of carboxylic acid groups (broad SMARTS) is 1. The number of benzene rings is 1. The van der Waals surface area contributed by atoms with Gasteiger partial charge in [-0.1, -0.05) is 12.2 Å². The van der Waals surface area contributed by atoms with Gasteiger partial charge in [0.05, 0.1) is 40.3 Å². The number of hydrogen-bond acceptors (Lipinski definition) is 11. The van der Waals surface area contributed by atoms with Crippen molar-refractivity contribution in [2.24, 2.45) is 5.92 Å². The van der Waals surface area contributed by atoms with Crippen molar-refractivity contribution in [2.45, 2.75) is 25.4 Å². The third-order valence-corrected chi connectivity index (χ3v) is 7.48. The fraction of sp³-hybridized carbons (Fsp3) is 0.391. The van der Waals surface area contributed by atoms with Crippen LogP contribution in [0, 0.1) is 5.92 Å². The number of fused-ring (bicyclic) bond motifs is 1. The molecular formula is C23H29N6O8P. The number of ether oxygens (including phenoxy) is 3. The van der Waals surface area contributed by atoms with Crippen LogP contribution in [0.4, 0.5) is 5.95 Å². The summed E-state index contributed by atoms with van der Waals surface area (Å²) >= 11 is 0. The minimum atomic E-state index is -4.15. The number of carboxylic acids is 1. The summed E-state index contributed by atoms with van der Waals surface area (Å²) in [7, 11) is 0.248. The molecule has 4 N–H and O–H groups in total. The molecular weight excluding hydrogens is 519 g/mol. The maximum absolute atomic E-state index is 13.7. The van der Waals surface area contributed by atoms with E-state index in [9.17, 15) is 14.5 Å². The molecule has 0 radical (unpaired) electrons. The summed E-state index contributed by atoms with van der Waals surface area (Å²) in [5.74, 6) is -0.143. The molecule has 38 heavy (non-hydrogen) atoms. The zero-order chi connectivity index (χ0) is 27.4. The number of nitrogens with zero attached hydrogens (tertiary/aromatic N) is 4. The smallest absolute Gasteiger partial charge is 0.459 e. The number of imidazole rings is 1. The Balaban J connectivity index is 1.50. The highest BCUT2D eigenvalue weighted by molar-refractivity contribution is 7.52. The predicted molar refractivity (Wildman–Crippen MR) is 137 cm³/mol. The van der Waals surface area contributed by atoms with Crippen LogP contribution >= 0.6 is 7.75 Å². The van der Waals surface area contributed by atoms with Crippen LogP contribution in [0.5, 0.6) is 23.1 Å². The van der Waals surface area contributed by atoms with E-state index in [0.29, 0.717) is 29.1 Å². The van der Waals surface area contributed by atoms with Gasteiger partial charge in [0, 0.05) is 24.1 Å². The summed E-state index contributed by atoms with van der Waals surface area (Å²) < 4.78 is 42.6. The number of nitrogens with two attached hydrogens (primary N) is 1. The van der Waals surface area contributed by atoms with Gasteiger partial charge in [0.1, 0.15) is 23.3 Å². The molecule has 0 fully saturated rings. The number of aliphatic carboxylic acids is 1. The van der Waals surface area contributed by atoms with Crippen molar-refractivity contribution in [1.82, 2.24) is 24.6 Å². The van der Waals surface area contributed by atoms with Gasteiger partial charge < -0.3 is 34.1 Å². The average molecular weight is 548 g/mol. The molecule has 1 aliphatic carbocycles. The van der Waals surface area contributed by atoms with E-state index in [2.05, 4.69) is 20.0 Å². The Labute approximate surface area is 218 Å². The molecule has 3 aromatic rings. The van der Waals surface area contributed by atoms with Gasteiger partial charge in [0.25, 0.3) is 0 Å². The first-order valence-corrected chi connectivity index (χ1v) is 13.1. The number of aromatic nitrogens is 4. The van der Waals surface area contributed by atoms with Crippen molar-refractivity contribution < 1.29 is 37.7 Å². The van der Waals surface area contributed by atoms with E-state index in [4.69, 9.17) is 29.0 Å². The molecule has 0 saturated carbocycles. The molecule has 14 nitrogen and oxygen atoms in total. The number of nitrogen functional groups attached to an aromatic ring is 1. The summed E-state index contributed by atoms with van der Waals surface area (Å²) in [5.41, 5.74) is 6.82. The lowest BCUT2D eigenvalue weighted by atomic mass is 10.1. The minimum absolute atomic E-state index is 0.0161. The summed E-state index contributed by atoms with van der Waals surface area (Å²) in [6.45, 7) is 1.32. The quantitative estimate of drug-likeness (QED) is 0.222.